The van der Waals surface area contributed by atoms with Gasteiger partial charge in [-0.05, 0) is 0 Å². The van der Waals surface area contributed by atoms with Crippen LogP contribution in [-0.2, 0) is 18.6 Å². The van der Waals surface area contributed by atoms with Crippen molar-refractivity contribution in [3.8, 4) is 0 Å². The molecular weight excluding hydrogens is 173 g/mol. The predicted octanol–water partition coefficient (Wildman–Crippen LogP) is -9.82. The van der Waals surface area contributed by atoms with Gasteiger partial charge < -0.3 is 42.7 Å². The Morgan fingerprint density at radius 3 is 0.600 bits per heavy atom. The fourth-order valence-electron chi connectivity index (χ4n) is 0. The van der Waals surface area contributed by atoms with Crippen LogP contribution in [0.1, 0.15) is 0 Å². The van der Waals surface area contributed by atoms with Gasteiger partial charge in [-0.3, -0.25) is 0 Å². The van der Waals surface area contributed by atoms with Crippen molar-refractivity contribution in [2.24, 2.45) is 0 Å². The Morgan fingerprint density at radius 2 is 0.600 bits per heavy atom. The largest absolute Gasteiger partial charge is 1.00 e. The molecule has 0 saturated heterocycles. The van der Waals surface area contributed by atoms with E-state index in [0.29, 0.717) is 0 Å². The molecule has 1 nitrogen and oxygen atoms in total. The van der Waals surface area contributed by atoms with Crippen LogP contribution in [0.4, 0.5) is 0 Å². The van der Waals surface area contributed by atoms with Gasteiger partial charge in [-0.15, -0.1) is 0 Å². The topological polar surface area (TPSA) is 31.5 Å². The third-order valence-electron chi connectivity index (χ3n) is 0. The maximum atomic E-state index is 0. The maximum Gasteiger partial charge on any atom is 0 e. The van der Waals surface area contributed by atoms with Crippen molar-refractivity contribution >= 4 is 0 Å². The van der Waals surface area contributed by atoms with Gasteiger partial charge in [0.05, 0.1) is 0 Å². The molecule has 0 aromatic rings. The Hall–Kier alpha value is 1.41. The molecule has 0 aliphatic rings. The van der Waals surface area contributed by atoms with E-state index in [4.69, 9.17) is 0 Å². The summed E-state index contributed by atoms with van der Waals surface area (Å²) in [5.74, 6) is 0. The summed E-state index contributed by atoms with van der Waals surface area (Å²) in [5.41, 5.74) is 0. The molecule has 0 unspecified atom stereocenters. The molecule has 0 aromatic heterocycles. The fraction of sp³-hybridized carbons (Fsp3) is 0. The summed E-state index contributed by atoms with van der Waals surface area (Å²) in [6.45, 7) is 0. The van der Waals surface area contributed by atoms with Crippen molar-refractivity contribution in [2.45, 2.75) is 0 Å². The van der Waals surface area contributed by atoms with E-state index in [0.717, 1.165) is 0 Å². The SMILES string of the molecule is O.[Cl-].[Cl-].[Cl-].[V]. The number of halogens is 3. The van der Waals surface area contributed by atoms with Gasteiger partial charge in [0.1, 0.15) is 0 Å². The van der Waals surface area contributed by atoms with Gasteiger partial charge in [-0.1, -0.05) is 0 Å². The molecule has 5 heteroatoms. The molecule has 37 valence electrons. The minimum absolute atomic E-state index is 0. The molecule has 0 atom stereocenters. The Bertz CT molecular complexity index is 6.85. The second kappa shape index (κ2) is 52.7. The van der Waals surface area contributed by atoms with E-state index in [1.165, 1.54) is 0 Å². The first kappa shape index (κ1) is 94.0. The quantitative estimate of drug-likeness (QED) is 0.350. The van der Waals surface area contributed by atoms with E-state index in [2.05, 4.69) is 0 Å². The van der Waals surface area contributed by atoms with Gasteiger partial charge in [0.2, 0.25) is 0 Å². The molecule has 0 rings (SSSR count). The number of hydrogen-bond acceptors (Lipinski definition) is 0. The van der Waals surface area contributed by atoms with E-state index in [9.17, 15) is 0 Å². The minimum Gasteiger partial charge on any atom is -1.00 e. The molecule has 0 saturated carbocycles. The summed E-state index contributed by atoms with van der Waals surface area (Å²) in [6.07, 6.45) is 0. The molecule has 0 heterocycles. The number of hydrogen-bond donors (Lipinski definition) is 0. The van der Waals surface area contributed by atoms with Crippen molar-refractivity contribution in [3.05, 3.63) is 0 Å². The number of rotatable bonds is 0. The van der Waals surface area contributed by atoms with Crippen molar-refractivity contribution in [1.29, 1.82) is 0 Å². The maximum absolute atomic E-state index is 0. The van der Waals surface area contributed by atoms with Gasteiger partial charge >= 0.3 is 0 Å². The molecule has 5 heavy (non-hydrogen) atoms. The molecule has 0 aliphatic carbocycles. The van der Waals surface area contributed by atoms with Crippen LogP contribution in [0.2, 0.25) is 0 Å². The van der Waals surface area contributed by atoms with Crippen molar-refractivity contribution < 1.29 is 61.3 Å². The summed E-state index contributed by atoms with van der Waals surface area (Å²) in [5, 5.41) is 0. The molecule has 0 aromatic carbocycles. The van der Waals surface area contributed by atoms with Gasteiger partial charge in [-0.2, -0.15) is 0 Å². The minimum atomic E-state index is 0. The van der Waals surface area contributed by atoms with Crippen molar-refractivity contribution in [1.82, 2.24) is 0 Å². The summed E-state index contributed by atoms with van der Waals surface area (Å²) < 4.78 is 0. The monoisotopic (exact) mass is 174 g/mol. The zero-order valence-electron chi connectivity index (χ0n) is 2.08. The van der Waals surface area contributed by atoms with E-state index >= 15 is 0 Å². The van der Waals surface area contributed by atoms with Crippen molar-refractivity contribution in [3.63, 3.8) is 0 Å². The van der Waals surface area contributed by atoms with Crippen LogP contribution in [-0.4, -0.2) is 5.48 Å². The average Bonchev–Trinajstić information content (AvgIpc) is 0. The molecule has 0 aliphatic heterocycles. The Kier molecular flexibility index (Phi) is 991. The summed E-state index contributed by atoms with van der Waals surface area (Å²) in [6, 6.07) is 0. The molecular formula is H2Cl3OV-3. The van der Waals surface area contributed by atoms with E-state index in [1.54, 1.807) is 0 Å². The first-order valence-corrected chi connectivity index (χ1v) is 0. The van der Waals surface area contributed by atoms with Crippen LogP contribution in [0.3, 0.4) is 0 Å². The van der Waals surface area contributed by atoms with Crippen LogP contribution in [0.5, 0.6) is 0 Å². The van der Waals surface area contributed by atoms with Gasteiger partial charge in [0.25, 0.3) is 0 Å². The molecule has 0 amide bonds. The summed E-state index contributed by atoms with van der Waals surface area (Å²) in [7, 11) is 0. The second-order valence-electron chi connectivity index (χ2n) is 0. The van der Waals surface area contributed by atoms with E-state index < -0.39 is 0 Å². The molecule has 0 spiro atoms. The summed E-state index contributed by atoms with van der Waals surface area (Å²) >= 11 is 0. The third-order valence-corrected chi connectivity index (χ3v) is 0. The Morgan fingerprint density at radius 1 is 0.600 bits per heavy atom. The van der Waals surface area contributed by atoms with Gasteiger partial charge in [0, 0.05) is 18.6 Å². The van der Waals surface area contributed by atoms with Gasteiger partial charge in [0.15, 0.2) is 0 Å². The zero-order chi connectivity index (χ0) is 0. The zero-order valence-corrected chi connectivity index (χ0v) is 5.75. The predicted molar refractivity (Wildman–Crippen MR) is 3.61 cm³/mol. The third kappa shape index (κ3) is 31.6. The Balaban J connectivity index is 0. The average molecular weight is 175 g/mol. The molecule has 0 fully saturated rings. The van der Waals surface area contributed by atoms with Crippen LogP contribution >= 0.6 is 0 Å². The first-order valence-electron chi connectivity index (χ1n) is 0. The smallest absolute Gasteiger partial charge is 0 e. The van der Waals surface area contributed by atoms with E-state index in [-0.39, 0.29) is 61.3 Å². The Labute approximate surface area is 61.3 Å². The normalized spacial score (nSPS) is 0. The first-order chi connectivity index (χ1) is 0. The second-order valence-corrected chi connectivity index (χ2v) is 0. The standard InChI is InChI=1S/3ClH.H2O.V/h3*1H;1H2;/p-3. The fourth-order valence-corrected chi connectivity index (χ4v) is 0. The van der Waals surface area contributed by atoms with Crippen LogP contribution < -0.4 is 37.2 Å². The van der Waals surface area contributed by atoms with Crippen LogP contribution in [0, 0.1) is 0 Å². The van der Waals surface area contributed by atoms with Crippen molar-refractivity contribution in [2.75, 3.05) is 0 Å². The van der Waals surface area contributed by atoms with Crippen LogP contribution in [0.25, 0.3) is 0 Å². The van der Waals surface area contributed by atoms with Crippen LogP contribution in [0.15, 0.2) is 0 Å². The molecule has 0 bridgehead atoms. The van der Waals surface area contributed by atoms with E-state index in [1.807, 2.05) is 0 Å². The summed E-state index contributed by atoms with van der Waals surface area (Å²) in [4.78, 5) is 0. The molecule has 2 N–H and O–H groups in total. The molecule has 1 radical (unpaired) electrons. The van der Waals surface area contributed by atoms with Gasteiger partial charge in [-0.25, -0.2) is 0 Å².